The molecule has 0 saturated carbocycles. The first-order chi connectivity index (χ1) is 9.08. The fraction of sp³-hybridized carbons (Fsp3) is 0.714. The van der Waals surface area contributed by atoms with E-state index in [0.717, 1.165) is 19.3 Å². The molecule has 4 unspecified atom stereocenters. The van der Waals surface area contributed by atoms with Gasteiger partial charge in [0.15, 0.2) is 0 Å². The van der Waals surface area contributed by atoms with E-state index in [2.05, 4.69) is 11.2 Å². The summed E-state index contributed by atoms with van der Waals surface area (Å²) in [5, 5.41) is 12.1. The smallest absolute Gasteiger partial charge is 0.318 e. The van der Waals surface area contributed by atoms with Gasteiger partial charge in [-0.1, -0.05) is 6.92 Å². The Bertz CT molecular complexity index is 415. The maximum Gasteiger partial charge on any atom is 0.318 e. The van der Waals surface area contributed by atoms with Crippen molar-refractivity contribution in [1.29, 1.82) is 0 Å². The summed E-state index contributed by atoms with van der Waals surface area (Å²) >= 11 is 0. The molecular formula is C14H20N2O3. The predicted molar refractivity (Wildman–Crippen MR) is 70.5 cm³/mol. The SMILES string of the molecule is C#CCC(CC)NC(=O)N1C2CCC1C(C(=O)O)C2. The van der Waals surface area contributed by atoms with Crippen molar-refractivity contribution in [2.45, 2.75) is 57.2 Å². The number of urea groups is 1. The average Bonchev–Trinajstić information content (AvgIpc) is 2.95. The standard InChI is InChI=1S/C14H20N2O3/c1-3-5-9(4-2)15-14(19)16-10-6-7-12(16)11(8-10)13(17)18/h1,9-12H,4-8H2,2H3,(H,15,19)(H,17,18). The Labute approximate surface area is 113 Å². The van der Waals surface area contributed by atoms with Crippen LogP contribution in [0.4, 0.5) is 4.79 Å². The Hall–Kier alpha value is -1.70. The lowest BCUT2D eigenvalue weighted by Crippen LogP contribution is -2.47. The van der Waals surface area contributed by atoms with E-state index in [1.54, 1.807) is 4.90 Å². The molecule has 0 radical (unpaired) electrons. The number of amides is 2. The molecule has 0 spiro atoms. The lowest BCUT2D eigenvalue weighted by atomic mass is 9.89. The van der Waals surface area contributed by atoms with Gasteiger partial charge in [0.2, 0.25) is 0 Å². The van der Waals surface area contributed by atoms with E-state index in [0.29, 0.717) is 12.8 Å². The van der Waals surface area contributed by atoms with Crippen LogP contribution < -0.4 is 5.32 Å². The van der Waals surface area contributed by atoms with E-state index in [1.807, 2.05) is 6.92 Å². The normalized spacial score (nSPS) is 29.9. The quantitative estimate of drug-likeness (QED) is 0.755. The van der Waals surface area contributed by atoms with Gasteiger partial charge >= 0.3 is 12.0 Å². The third-order valence-electron chi connectivity index (χ3n) is 4.27. The molecule has 0 aliphatic carbocycles. The predicted octanol–water partition coefficient (Wildman–Crippen LogP) is 1.44. The molecule has 2 bridgehead atoms. The molecule has 2 amide bonds. The van der Waals surface area contributed by atoms with Gasteiger partial charge in [0, 0.05) is 24.5 Å². The topological polar surface area (TPSA) is 69.6 Å². The van der Waals surface area contributed by atoms with Crippen LogP contribution in [0.2, 0.25) is 0 Å². The number of carbonyl (C=O) groups excluding carboxylic acids is 1. The Morgan fingerprint density at radius 1 is 1.53 bits per heavy atom. The van der Waals surface area contributed by atoms with Gasteiger partial charge in [0.1, 0.15) is 0 Å². The third kappa shape index (κ3) is 2.53. The van der Waals surface area contributed by atoms with Crippen LogP contribution in [0.5, 0.6) is 0 Å². The Kier molecular flexibility index (Phi) is 3.98. The molecule has 104 valence electrons. The summed E-state index contributed by atoms with van der Waals surface area (Å²) < 4.78 is 0. The molecule has 2 N–H and O–H groups in total. The van der Waals surface area contributed by atoms with Crippen molar-refractivity contribution in [3.05, 3.63) is 0 Å². The van der Waals surface area contributed by atoms with Crippen LogP contribution in [0, 0.1) is 18.3 Å². The minimum Gasteiger partial charge on any atom is -0.481 e. The number of terminal acetylenes is 1. The van der Waals surface area contributed by atoms with Crippen LogP contribution in [-0.4, -0.2) is 40.1 Å². The number of carboxylic acid groups (broad SMARTS) is 1. The Balaban J connectivity index is 2.01. The van der Waals surface area contributed by atoms with Crippen LogP contribution >= 0.6 is 0 Å². The van der Waals surface area contributed by atoms with Crippen LogP contribution in [0.15, 0.2) is 0 Å². The first-order valence-electron chi connectivity index (χ1n) is 6.83. The molecule has 2 aliphatic rings. The molecule has 2 heterocycles. The van der Waals surface area contributed by atoms with E-state index in [4.69, 9.17) is 11.5 Å². The van der Waals surface area contributed by atoms with Crippen molar-refractivity contribution in [3.63, 3.8) is 0 Å². The van der Waals surface area contributed by atoms with Gasteiger partial charge in [0.25, 0.3) is 0 Å². The average molecular weight is 264 g/mol. The molecular weight excluding hydrogens is 244 g/mol. The van der Waals surface area contributed by atoms with Crippen molar-refractivity contribution in [3.8, 4) is 12.3 Å². The summed E-state index contributed by atoms with van der Waals surface area (Å²) in [6, 6.07) is -0.251. The van der Waals surface area contributed by atoms with Gasteiger partial charge in [-0.2, -0.15) is 0 Å². The molecule has 2 aliphatic heterocycles. The second kappa shape index (κ2) is 5.52. The number of hydrogen-bond donors (Lipinski definition) is 2. The van der Waals surface area contributed by atoms with Crippen LogP contribution in [0.1, 0.15) is 39.0 Å². The highest BCUT2D eigenvalue weighted by molar-refractivity contribution is 5.79. The van der Waals surface area contributed by atoms with Crippen LogP contribution in [0.25, 0.3) is 0 Å². The molecule has 0 aromatic heterocycles. The van der Waals surface area contributed by atoms with E-state index in [1.165, 1.54) is 0 Å². The summed E-state index contributed by atoms with van der Waals surface area (Å²) in [5.74, 6) is 1.36. The molecule has 2 saturated heterocycles. The highest BCUT2D eigenvalue weighted by atomic mass is 16.4. The summed E-state index contributed by atoms with van der Waals surface area (Å²) in [4.78, 5) is 25.2. The molecule has 0 aromatic carbocycles. The summed E-state index contributed by atoms with van der Waals surface area (Å²) in [6.07, 6.45) is 8.84. The van der Waals surface area contributed by atoms with Crippen molar-refractivity contribution in [2.75, 3.05) is 0 Å². The summed E-state index contributed by atoms with van der Waals surface area (Å²) in [7, 11) is 0. The number of hydrogen-bond acceptors (Lipinski definition) is 2. The maximum absolute atomic E-state index is 12.3. The van der Waals surface area contributed by atoms with Crippen molar-refractivity contribution >= 4 is 12.0 Å². The number of fused-ring (bicyclic) bond motifs is 2. The van der Waals surface area contributed by atoms with Gasteiger partial charge in [-0.05, 0) is 25.7 Å². The highest BCUT2D eigenvalue weighted by Crippen LogP contribution is 2.41. The van der Waals surface area contributed by atoms with Gasteiger partial charge < -0.3 is 15.3 Å². The monoisotopic (exact) mass is 264 g/mol. The van der Waals surface area contributed by atoms with Gasteiger partial charge in [-0.15, -0.1) is 12.3 Å². The van der Waals surface area contributed by atoms with Crippen molar-refractivity contribution in [2.24, 2.45) is 5.92 Å². The van der Waals surface area contributed by atoms with Gasteiger partial charge in [-0.3, -0.25) is 4.79 Å². The number of aliphatic carboxylic acids is 1. The van der Waals surface area contributed by atoms with Gasteiger partial charge in [-0.25, -0.2) is 4.79 Å². The summed E-state index contributed by atoms with van der Waals surface area (Å²) in [5.41, 5.74) is 0. The number of carbonyl (C=O) groups is 2. The number of nitrogens with zero attached hydrogens (tertiary/aromatic N) is 1. The highest BCUT2D eigenvalue weighted by Gasteiger charge is 2.51. The minimum absolute atomic E-state index is 0.0271. The largest absolute Gasteiger partial charge is 0.481 e. The zero-order valence-electron chi connectivity index (χ0n) is 11.1. The second-order valence-corrected chi connectivity index (χ2v) is 5.35. The van der Waals surface area contributed by atoms with Crippen molar-refractivity contribution in [1.82, 2.24) is 10.2 Å². The number of carboxylic acids is 1. The third-order valence-corrected chi connectivity index (χ3v) is 4.27. The number of rotatable bonds is 4. The van der Waals surface area contributed by atoms with Gasteiger partial charge in [0.05, 0.1) is 5.92 Å². The molecule has 2 fully saturated rings. The minimum atomic E-state index is -0.791. The molecule has 5 nitrogen and oxygen atoms in total. The van der Waals surface area contributed by atoms with Crippen LogP contribution in [-0.2, 0) is 4.79 Å². The first kappa shape index (κ1) is 13.7. The molecule has 0 aromatic rings. The Morgan fingerprint density at radius 3 is 2.79 bits per heavy atom. The first-order valence-corrected chi connectivity index (χ1v) is 6.83. The van der Waals surface area contributed by atoms with Crippen molar-refractivity contribution < 1.29 is 14.7 Å². The fourth-order valence-corrected chi connectivity index (χ4v) is 3.26. The van der Waals surface area contributed by atoms with E-state index in [9.17, 15) is 9.59 Å². The van der Waals surface area contributed by atoms with E-state index >= 15 is 0 Å². The lowest BCUT2D eigenvalue weighted by Gasteiger charge is -2.26. The molecule has 4 atom stereocenters. The van der Waals surface area contributed by atoms with Crippen LogP contribution in [0.3, 0.4) is 0 Å². The number of nitrogens with one attached hydrogen (secondary N) is 1. The summed E-state index contributed by atoms with van der Waals surface area (Å²) in [6.45, 7) is 1.97. The molecule has 5 heteroatoms. The zero-order valence-corrected chi connectivity index (χ0v) is 11.1. The Morgan fingerprint density at radius 2 is 2.26 bits per heavy atom. The molecule has 19 heavy (non-hydrogen) atoms. The fourth-order valence-electron chi connectivity index (χ4n) is 3.26. The lowest BCUT2D eigenvalue weighted by molar-refractivity contribution is -0.142. The maximum atomic E-state index is 12.3. The van der Waals surface area contributed by atoms with E-state index < -0.39 is 11.9 Å². The van der Waals surface area contributed by atoms with E-state index in [-0.39, 0.29) is 24.2 Å². The zero-order chi connectivity index (χ0) is 14.0. The second-order valence-electron chi connectivity index (χ2n) is 5.35. The molecule has 2 rings (SSSR count).